The Kier molecular flexibility index (Phi) is 3.94. The van der Waals surface area contributed by atoms with Crippen LogP contribution >= 0.6 is 0 Å². The average molecular weight is 197 g/mol. The van der Waals surface area contributed by atoms with Gasteiger partial charge in [0.2, 0.25) is 0 Å². The van der Waals surface area contributed by atoms with Crippen molar-refractivity contribution in [2.75, 3.05) is 5.43 Å². The number of hydrogen-bond donors (Lipinski definition) is 1. The maximum atomic E-state index is 9.89. The van der Waals surface area contributed by atoms with Crippen LogP contribution in [0.25, 0.3) is 11.0 Å². The van der Waals surface area contributed by atoms with Gasteiger partial charge in [0.15, 0.2) is 11.5 Å². The van der Waals surface area contributed by atoms with E-state index in [1.54, 1.807) is 12.3 Å². The fourth-order valence-corrected chi connectivity index (χ4v) is 1.06. The van der Waals surface area contributed by atoms with Crippen molar-refractivity contribution in [1.82, 2.24) is 9.97 Å². The van der Waals surface area contributed by atoms with Crippen LogP contribution in [0.15, 0.2) is 35.7 Å². The molecular weight excluding hydrogens is 191 g/mol. The summed E-state index contributed by atoms with van der Waals surface area (Å²) in [5.41, 5.74) is 2.81. The van der Waals surface area contributed by atoms with Gasteiger partial charge >= 0.3 is 29.6 Å². The molecule has 0 atom stereocenters. The minimum atomic E-state index is 0. The molecule has 5 nitrogen and oxygen atoms in total. The molecule has 2 aromatic rings. The Morgan fingerprint density at radius 3 is 2.93 bits per heavy atom. The number of nitrogens with one attached hydrogen (secondary N) is 1. The zero-order valence-corrected chi connectivity index (χ0v) is 9.64. The first-order chi connectivity index (χ1) is 6.40. The van der Waals surface area contributed by atoms with E-state index in [0.717, 1.165) is 5.39 Å². The van der Waals surface area contributed by atoms with Crippen molar-refractivity contribution in [3.05, 3.63) is 35.4 Å². The van der Waals surface area contributed by atoms with E-state index in [2.05, 4.69) is 20.7 Å². The molecule has 0 aliphatic heterocycles. The summed E-state index contributed by atoms with van der Waals surface area (Å²) >= 11 is 0. The molecule has 0 saturated heterocycles. The van der Waals surface area contributed by atoms with E-state index >= 15 is 0 Å². The summed E-state index contributed by atoms with van der Waals surface area (Å²) in [4.78, 5) is 18.0. The maximum absolute atomic E-state index is 9.89. The first-order valence-electron chi connectivity index (χ1n) is 3.70. The second-order valence-electron chi connectivity index (χ2n) is 2.45. The third-order valence-electron chi connectivity index (χ3n) is 1.62. The van der Waals surface area contributed by atoms with Gasteiger partial charge in [-0.2, -0.15) is 0 Å². The van der Waals surface area contributed by atoms with E-state index in [-0.39, 0.29) is 29.6 Å². The third-order valence-corrected chi connectivity index (χ3v) is 1.62. The Balaban J connectivity index is 0.000000980. The largest absolute Gasteiger partial charge is 1.00 e. The first kappa shape index (κ1) is 11.0. The average Bonchev–Trinajstić information content (AvgIpc) is 2.18. The Morgan fingerprint density at radius 2 is 2.14 bits per heavy atom. The predicted octanol–water partition coefficient (Wildman–Crippen LogP) is -1.27. The molecule has 2 heterocycles. The molecule has 64 valence electrons. The fourth-order valence-electron chi connectivity index (χ4n) is 1.06. The van der Waals surface area contributed by atoms with Crippen LogP contribution in [0, 0.1) is 4.91 Å². The van der Waals surface area contributed by atoms with Gasteiger partial charge in [-0.3, -0.25) is 0 Å². The number of rotatable bonds is 2. The summed E-state index contributed by atoms with van der Waals surface area (Å²) in [5.74, 6) is 0.404. The van der Waals surface area contributed by atoms with E-state index in [1.807, 2.05) is 18.2 Å². The van der Waals surface area contributed by atoms with Crippen LogP contribution in [0.5, 0.6) is 0 Å². The Morgan fingerprint density at radius 1 is 1.29 bits per heavy atom. The Bertz CT molecular complexity index is 448. The van der Waals surface area contributed by atoms with Crippen LogP contribution in [0.2, 0.25) is 0 Å². The summed E-state index contributed by atoms with van der Waals surface area (Å²) in [6, 6.07) is 7.22. The number of pyridine rings is 2. The SMILES string of the molecule is O=NNc1ccc2cccnc2n1.[Na+]. The van der Waals surface area contributed by atoms with Crippen LogP contribution in [0.1, 0.15) is 0 Å². The number of nitroso groups, excluding NO2 is 1. The van der Waals surface area contributed by atoms with Gasteiger partial charge in [0.1, 0.15) is 0 Å². The van der Waals surface area contributed by atoms with Gasteiger partial charge in [-0.1, -0.05) is 0 Å². The summed E-state index contributed by atoms with van der Waals surface area (Å²) in [5, 5.41) is 3.45. The quantitative estimate of drug-likeness (QED) is 0.370. The second-order valence-corrected chi connectivity index (χ2v) is 2.45. The molecule has 0 aliphatic carbocycles. The third kappa shape index (κ3) is 2.25. The van der Waals surface area contributed by atoms with Gasteiger partial charge in [-0.15, -0.1) is 4.91 Å². The van der Waals surface area contributed by atoms with Crippen LogP contribution in [-0.4, -0.2) is 9.97 Å². The second kappa shape index (κ2) is 4.99. The molecule has 0 unspecified atom stereocenters. The molecule has 1 N–H and O–H groups in total. The first-order valence-corrected chi connectivity index (χ1v) is 3.70. The minimum Gasteiger partial charge on any atom is -0.237 e. The van der Waals surface area contributed by atoms with Crippen LogP contribution in [0.3, 0.4) is 0 Å². The minimum absolute atomic E-state index is 0. The van der Waals surface area contributed by atoms with Gasteiger partial charge < -0.3 is 0 Å². The molecule has 0 radical (unpaired) electrons. The van der Waals surface area contributed by atoms with Crippen molar-refractivity contribution in [3.8, 4) is 0 Å². The molecule has 0 aliphatic rings. The molecule has 0 amide bonds. The maximum Gasteiger partial charge on any atom is 1.00 e. The molecular formula is C8H6N4NaO+. The molecule has 0 aromatic carbocycles. The van der Waals surface area contributed by atoms with Gasteiger partial charge in [0, 0.05) is 11.6 Å². The number of anilines is 1. The van der Waals surface area contributed by atoms with E-state index in [1.165, 1.54) is 0 Å². The predicted molar refractivity (Wildman–Crippen MR) is 49.0 cm³/mol. The smallest absolute Gasteiger partial charge is 0.237 e. The number of fused-ring (bicyclic) bond motifs is 1. The van der Waals surface area contributed by atoms with Crippen molar-refractivity contribution in [3.63, 3.8) is 0 Å². The Hall–Kier alpha value is -1.04. The van der Waals surface area contributed by atoms with Crippen molar-refractivity contribution < 1.29 is 29.6 Å². The normalized spacial score (nSPS) is 9.14. The van der Waals surface area contributed by atoms with Gasteiger partial charge in [0.25, 0.3) is 0 Å². The zero-order chi connectivity index (χ0) is 9.10. The number of aromatic nitrogens is 2. The molecule has 2 aromatic heterocycles. The van der Waals surface area contributed by atoms with Crippen LogP contribution < -0.4 is 35.0 Å². The zero-order valence-electron chi connectivity index (χ0n) is 7.64. The van der Waals surface area contributed by atoms with E-state index in [9.17, 15) is 4.91 Å². The summed E-state index contributed by atoms with van der Waals surface area (Å²) in [6.45, 7) is 0. The van der Waals surface area contributed by atoms with Crippen molar-refractivity contribution in [1.29, 1.82) is 0 Å². The van der Waals surface area contributed by atoms with E-state index in [0.29, 0.717) is 11.5 Å². The standard InChI is InChI=1S/C8H6N4O.Na/c13-12-11-7-4-3-6-2-1-5-9-8(6)10-7;/h1-5H,(H,9,10,11,13);/q;+1. The van der Waals surface area contributed by atoms with E-state index < -0.39 is 0 Å². The summed E-state index contributed by atoms with van der Waals surface area (Å²) in [7, 11) is 0. The molecule has 2 rings (SSSR count). The fraction of sp³-hybridized carbons (Fsp3) is 0. The molecule has 6 heteroatoms. The van der Waals surface area contributed by atoms with Crippen LogP contribution in [0.4, 0.5) is 5.82 Å². The van der Waals surface area contributed by atoms with Crippen molar-refractivity contribution in [2.45, 2.75) is 0 Å². The van der Waals surface area contributed by atoms with Gasteiger partial charge in [0.05, 0.1) is 5.29 Å². The number of hydrogen-bond acceptors (Lipinski definition) is 4. The van der Waals surface area contributed by atoms with Crippen molar-refractivity contribution in [2.24, 2.45) is 5.29 Å². The van der Waals surface area contributed by atoms with Crippen LogP contribution in [-0.2, 0) is 0 Å². The monoisotopic (exact) mass is 197 g/mol. The Labute approximate surface area is 102 Å². The molecule has 14 heavy (non-hydrogen) atoms. The van der Waals surface area contributed by atoms with Gasteiger partial charge in [-0.25, -0.2) is 15.4 Å². The van der Waals surface area contributed by atoms with Gasteiger partial charge in [-0.05, 0) is 24.3 Å². The molecule has 0 bridgehead atoms. The molecule has 0 saturated carbocycles. The topological polar surface area (TPSA) is 67.2 Å². The number of nitrogens with zero attached hydrogens (tertiary/aromatic N) is 3. The van der Waals surface area contributed by atoms with Crippen molar-refractivity contribution >= 4 is 16.9 Å². The summed E-state index contributed by atoms with van der Waals surface area (Å²) in [6.07, 6.45) is 1.65. The summed E-state index contributed by atoms with van der Waals surface area (Å²) < 4.78 is 0. The molecule has 0 spiro atoms. The van der Waals surface area contributed by atoms with E-state index in [4.69, 9.17) is 0 Å². The molecule has 0 fully saturated rings.